The molecule has 2 saturated heterocycles. The number of hydrogen-bond donors (Lipinski definition) is 2. The van der Waals surface area contributed by atoms with Crippen LogP contribution in [0.3, 0.4) is 0 Å². The summed E-state index contributed by atoms with van der Waals surface area (Å²) in [5.74, 6) is -1.27. The van der Waals surface area contributed by atoms with Crippen molar-refractivity contribution in [3.05, 3.63) is 47.4 Å². The molecule has 3 rings (SSSR count). The maximum absolute atomic E-state index is 13.6. The summed E-state index contributed by atoms with van der Waals surface area (Å²) in [6.45, 7) is 3.15. The Kier molecular flexibility index (Phi) is 7.77. The Labute approximate surface area is 192 Å². The number of amides is 2. The molecule has 0 radical (unpaired) electrons. The fraction of sp³-hybridized carbons (Fsp3) is 0.522. The van der Waals surface area contributed by atoms with Gasteiger partial charge in [0.2, 0.25) is 0 Å². The van der Waals surface area contributed by atoms with E-state index in [2.05, 4.69) is 12.2 Å². The maximum Gasteiger partial charge on any atom is 0.271 e. The van der Waals surface area contributed by atoms with Crippen molar-refractivity contribution < 1.29 is 23.9 Å². The monoisotopic (exact) mass is 465 g/mol. The second-order valence-electron chi connectivity index (χ2n) is 8.27. The summed E-state index contributed by atoms with van der Waals surface area (Å²) in [7, 11) is 0. The number of alkyl halides is 2. The standard InChI is InChI=1S/C23H29ClFN3O4/c1-2-23-9-3-4-11-28(23)22(32)20(26-23)6-5-10-27(21(31)13-17(30)15-29)14-16-7-8-19(25)18(24)12-16/h6-8,12-13,15,18-19,26,30H,2-5,9-11,14H2,1H3/b17-13-,20-6+. The molecule has 32 heavy (non-hydrogen) atoms. The smallest absolute Gasteiger partial charge is 0.271 e. The van der Waals surface area contributed by atoms with Gasteiger partial charge in [0.05, 0.1) is 11.1 Å². The van der Waals surface area contributed by atoms with E-state index in [9.17, 15) is 23.9 Å². The maximum atomic E-state index is 13.6. The lowest BCUT2D eigenvalue weighted by Gasteiger charge is -2.41. The number of rotatable bonds is 8. The van der Waals surface area contributed by atoms with Crippen molar-refractivity contribution in [3.63, 3.8) is 0 Å². The van der Waals surface area contributed by atoms with Crippen LogP contribution in [0, 0.1) is 0 Å². The summed E-state index contributed by atoms with van der Waals surface area (Å²) in [5, 5.41) is 12.0. The first-order valence-electron chi connectivity index (χ1n) is 10.9. The predicted octanol–water partition coefficient (Wildman–Crippen LogP) is 2.89. The molecule has 2 amide bonds. The lowest BCUT2D eigenvalue weighted by Crippen LogP contribution is -2.54. The number of aliphatic hydroxyl groups is 1. The highest BCUT2D eigenvalue weighted by Crippen LogP contribution is 2.35. The summed E-state index contributed by atoms with van der Waals surface area (Å²) >= 11 is 5.96. The molecule has 9 heteroatoms. The fourth-order valence-corrected chi connectivity index (χ4v) is 4.64. The van der Waals surface area contributed by atoms with Gasteiger partial charge in [-0.1, -0.05) is 25.2 Å². The number of allylic oxidation sites excluding steroid dienone is 3. The summed E-state index contributed by atoms with van der Waals surface area (Å²) in [6, 6.07) is 0. The van der Waals surface area contributed by atoms with Gasteiger partial charge in [-0.15, -0.1) is 11.6 Å². The van der Waals surface area contributed by atoms with Gasteiger partial charge in [-0.2, -0.15) is 0 Å². The normalized spacial score (nSPS) is 28.9. The van der Waals surface area contributed by atoms with E-state index in [1.807, 2.05) is 4.90 Å². The van der Waals surface area contributed by atoms with Crippen LogP contribution in [-0.4, -0.2) is 69.9 Å². The number of aliphatic hydroxyl groups excluding tert-OH is 1. The molecule has 0 saturated carbocycles. The Balaban J connectivity index is 1.71. The number of fused-ring (bicyclic) bond motifs is 1. The van der Waals surface area contributed by atoms with Crippen LogP contribution < -0.4 is 5.32 Å². The molecule has 3 atom stereocenters. The van der Waals surface area contributed by atoms with E-state index < -0.39 is 23.2 Å². The largest absolute Gasteiger partial charge is 0.504 e. The molecular weight excluding hydrogens is 437 g/mol. The van der Waals surface area contributed by atoms with Crippen molar-refractivity contribution >= 4 is 29.7 Å². The fourth-order valence-electron chi connectivity index (χ4n) is 4.39. The third-order valence-corrected chi connectivity index (χ3v) is 6.53. The molecular formula is C23H29ClFN3O4. The lowest BCUT2D eigenvalue weighted by molar-refractivity contribution is -0.131. The van der Waals surface area contributed by atoms with Crippen LogP contribution >= 0.6 is 11.6 Å². The van der Waals surface area contributed by atoms with E-state index in [0.29, 0.717) is 17.7 Å². The van der Waals surface area contributed by atoms with Gasteiger partial charge in [0.25, 0.3) is 11.8 Å². The first kappa shape index (κ1) is 24.0. The van der Waals surface area contributed by atoms with Crippen LogP contribution in [-0.2, 0) is 14.4 Å². The third kappa shape index (κ3) is 5.23. The van der Waals surface area contributed by atoms with E-state index >= 15 is 0 Å². The number of carbonyl (C=O) groups is 3. The third-order valence-electron chi connectivity index (χ3n) is 6.16. The Morgan fingerprint density at radius 3 is 2.91 bits per heavy atom. The van der Waals surface area contributed by atoms with E-state index in [1.165, 1.54) is 11.0 Å². The zero-order chi connectivity index (χ0) is 23.3. The van der Waals surface area contributed by atoms with Gasteiger partial charge >= 0.3 is 0 Å². The van der Waals surface area contributed by atoms with Crippen LogP contribution in [0.25, 0.3) is 0 Å². The molecule has 3 unspecified atom stereocenters. The zero-order valence-corrected chi connectivity index (χ0v) is 18.9. The van der Waals surface area contributed by atoms with Gasteiger partial charge < -0.3 is 20.2 Å². The molecule has 2 heterocycles. The average molecular weight is 466 g/mol. The van der Waals surface area contributed by atoms with Crippen molar-refractivity contribution in [1.82, 2.24) is 15.1 Å². The van der Waals surface area contributed by atoms with Crippen molar-refractivity contribution in [2.45, 2.75) is 56.2 Å². The summed E-state index contributed by atoms with van der Waals surface area (Å²) in [4.78, 5) is 39.5. The summed E-state index contributed by atoms with van der Waals surface area (Å²) in [5.41, 5.74) is 0.854. The molecule has 0 bridgehead atoms. The van der Waals surface area contributed by atoms with E-state index in [4.69, 9.17) is 11.6 Å². The number of aldehydes is 1. The Morgan fingerprint density at radius 1 is 1.47 bits per heavy atom. The van der Waals surface area contributed by atoms with Crippen LogP contribution in [0.2, 0.25) is 0 Å². The molecule has 7 nitrogen and oxygen atoms in total. The molecule has 3 aliphatic rings. The second-order valence-corrected chi connectivity index (χ2v) is 8.77. The van der Waals surface area contributed by atoms with E-state index in [1.54, 1.807) is 18.2 Å². The minimum Gasteiger partial charge on any atom is -0.504 e. The number of nitrogens with one attached hydrogen (secondary N) is 1. The second kappa shape index (κ2) is 10.3. The van der Waals surface area contributed by atoms with Gasteiger partial charge in [-0.25, -0.2) is 4.39 Å². The van der Waals surface area contributed by atoms with Crippen molar-refractivity contribution in [3.8, 4) is 0 Å². The molecule has 0 aromatic carbocycles. The van der Waals surface area contributed by atoms with Crippen molar-refractivity contribution in [2.75, 3.05) is 19.6 Å². The lowest BCUT2D eigenvalue weighted by atomic mass is 9.94. The molecule has 2 aliphatic heterocycles. The highest BCUT2D eigenvalue weighted by molar-refractivity contribution is 6.22. The molecule has 0 aromatic heterocycles. The minimum atomic E-state index is -1.29. The first-order chi connectivity index (χ1) is 15.3. The zero-order valence-electron chi connectivity index (χ0n) is 18.1. The Bertz CT molecular complexity index is 884. The first-order valence-corrected chi connectivity index (χ1v) is 11.4. The molecule has 174 valence electrons. The van der Waals surface area contributed by atoms with Crippen LogP contribution in [0.15, 0.2) is 47.4 Å². The summed E-state index contributed by atoms with van der Waals surface area (Å²) < 4.78 is 13.6. The van der Waals surface area contributed by atoms with Gasteiger partial charge in [0, 0.05) is 25.7 Å². The molecule has 2 fully saturated rings. The van der Waals surface area contributed by atoms with Gasteiger partial charge in [0.15, 0.2) is 12.0 Å². The highest BCUT2D eigenvalue weighted by Gasteiger charge is 2.47. The highest BCUT2D eigenvalue weighted by atomic mass is 35.5. The molecule has 1 aliphatic carbocycles. The molecule has 2 N–H and O–H groups in total. The van der Waals surface area contributed by atoms with E-state index in [0.717, 1.165) is 38.3 Å². The quantitative estimate of drug-likeness (QED) is 0.249. The predicted molar refractivity (Wildman–Crippen MR) is 120 cm³/mol. The SMILES string of the molecule is CCC12CCCCN1C(=O)/C(=C\CCN(CC1=CC(Cl)C(F)C=C1)C(=O)/C=C(\O)C=O)N2. The van der Waals surface area contributed by atoms with E-state index in [-0.39, 0.29) is 30.9 Å². The van der Waals surface area contributed by atoms with Crippen molar-refractivity contribution in [1.29, 1.82) is 0 Å². The topological polar surface area (TPSA) is 90.0 Å². The average Bonchev–Trinajstić information content (AvgIpc) is 3.07. The number of halogens is 2. The summed E-state index contributed by atoms with van der Waals surface area (Å²) in [6.07, 6.45) is 10.1. The van der Waals surface area contributed by atoms with Crippen molar-refractivity contribution in [2.24, 2.45) is 0 Å². The Morgan fingerprint density at radius 2 is 2.25 bits per heavy atom. The van der Waals surface area contributed by atoms with Crippen LogP contribution in [0.1, 0.15) is 39.0 Å². The van der Waals surface area contributed by atoms with Crippen LogP contribution in [0.5, 0.6) is 0 Å². The Hall–Kier alpha value is -2.61. The van der Waals surface area contributed by atoms with Gasteiger partial charge in [-0.05, 0) is 43.8 Å². The molecule has 0 aromatic rings. The molecule has 0 spiro atoms. The minimum absolute atomic E-state index is 0.0280. The number of carbonyl (C=O) groups excluding carboxylic acids is 3. The van der Waals surface area contributed by atoms with Gasteiger partial charge in [-0.3, -0.25) is 14.4 Å². The number of piperidine rings is 1. The van der Waals surface area contributed by atoms with Crippen LogP contribution in [0.4, 0.5) is 4.39 Å². The number of nitrogens with zero attached hydrogens (tertiary/aromatic N) is 2. The van der Waals surface area contributed by atoms with Gasteiger partial charge in [0.1, 0.15) is 11.8 Å². The number of hydrogen-bond acceptors (Lipinski definition) is 5.